The number of nitrogens with zero attached hydrogens (tertiary/aromatic N) is 2. The summed E-state index contributed by atoms with van der Waals surface area (Å²) in [5, 5.41) is 3.04. The van der Waals surface area contributed by atoms with Crippen molar-refractivity contribution in [2.75, 3.05) is 0 Å². The molecule has 0 aliphatic carbocycles. The van der Waals surface area contributed by atoms with Crippen molar-refractivity contribution in [2.45, 2.75) is 6.54 Å². The number of aromatic nitrogens is 3. The summed E-state index contributed by atoms with van der Waals surface area (Å²) in [6.07, 6.45) is 2.01. The first-order chi connectivity index (χ1) is 10.2. The van der Waals surface area contributed by atoms with Crippen LogP contribution in [0.3, 0.4) is 0 Å². The third-order valence-electron chi connectivity index (χ3n) is 3.42. The molecule has 0 spiro atoms. The zero-order valence-electron chi connectivity index (χ0n) is 10.8. The van der Waals surface area contributed by atoms with Gasteiger partial charge in [-0.2, -0.15) is 0 Å². The molecular weight excluding hydrogens is 350 g/mol. The number of nitrogens with one attached hydrogen (secondary N) is 1. The number of rotatable bonds is 2. The first kappa shape index (κ1) is 12.8. The summed E-state index contributed by atoms with van der Waals surface area (Å²) in [4.78, 5) is 19.4. The molecule has 0 amide bonds. The van der Waals surface area contributed by atoms with Gasteiger partial charge in [0.1, 0.15) is 10.5 Å². The highest BCUT2D eigenvalue weighted by molar-refractivity contribution is 9.10. The summed E-state index contributed by atoms with van der Waals surface area (Å²) >= 11 is 4.89. The van der Waals surface area contributed by atoms with E-state index in [0.29, 0.717) is 17.1 Å². The van der Waals surface area contributed by atoms with Gasteiger partial charge in [-0.3, -0.25) is 4.79 Å². The van der Waals surface area contributed by atoms with E-state index < -0.39 is 0 Å². The minimum atomic E-state index is -0.0655. The minimum Gasteiger partial charge on any atom is -0.340 e. The second kappa shape index (κ2) is 4.82. The zero-order valence-corrected chi connectivity index (χ0v) is 13.2. The fraction of sp³-hybridized carbons (Fsp3) is 0.0667. The molecule has 1 aromatic carbocycles. The van der Waals surface area contributed by atoms with Crippen molar-refractivity contribution in [2.24, 2.45) is 0 Å². The van der Waals surface area contributed by atoms with Crippen molar-refractivity contribution >= 4 is 48.4 Å². The third kappa shape index (κ3) is 2.20. The number of fused-ring (bicyclic) bond motifs is 2. The van der Waals surface area contributed by atoms with Crippen LogP contribution in [0.2, 0.25) is 0 Å². The molecule has 0 unspecified atom stereocenters. The van der Waals surface area contributed by atoms with E-state index in [1.54, 1.807) is 0 Å². The number of H-pyrrole nitrogens is 1. The summed E-state index contributed by atoms with van der Waals surface area (Å²) in [5.74, 6) is 0.673. The molecule has 0 atom stereocenters. The largest absolute Gasteiger partial charge is 0.340 e. The van der Waals surface area contributed by atoms with E-state index in [0.717, 1.165) is 20.9 Å². The van der Waals surface area contributed by atoms with Crippen LogP contribution in [0.25, 0.3) is 21.1 Å². The van der Waals surface area contributed by atoms with Crippen LogP contribution < -0.4 is 5.56 Å². The topological polar surface area (TPSA) is 50.7 Å². The second-order valence-electron chi connectivity index (χ2n) is 4.79. The molecule has 0 aliphatic heterocycles. The van der Waals surface area contributed by atoms with E-state index in [9.17, 15) is 4.79 Å². The van der Waals surface area contributed by atoms with Crippen molar-refractivity contribution in [3.05, 3.63) is 62.6 Å². The van der Waals surface area contributed by atoms with Crippen LogP contribution in [-0.4, -0.2) is 14.5 Å². The standard InChI is InChI=1S/C15H10BrN3OS/c16-10-1-2-12-9(7-10)3-5-19(12)8-13-17-11-4-6-21-14(11)15(20)18-13/h1-7H,8H2,(H,17,18,20). The molecule has 6 heteroatoms. The number of halogens is 1. The summed E-state index contributed by atoms with van der Waals surface area (Å²) < 4.78 is 3.82. The Balaban J connectivity index is 1.80. The van der Waals surface area contributed by atoms with Crippen molar-refractivity contribution in [3.8, 4) is 0 Å². The zero-order chi connectivity index (χ0) is 14.4. The lowest BCUT2D eigenvalue weighted by Gasteiger charge is -2.05. The number of hydrogen-bond acceptors (Lipinski definition) is 3. The van der Waals surface area contributed by atoms with Gasteiger partial charge in [0.2, 0.25) is 0 Å². The molecule has 3 aromatic heterocycles. The van der Waals surface area contributed by atoms with Crippen LogP contribution >= 0.6 is 27.3 Å². The Hall–Kier alpha value is -1.92. The van der Waals surface area contributed by atoms with Crippen molar-refractivity contribution in [1.82, 2.24) is 14.5 Å². The minimum absolute atomic E-state index is 0.0655. The molecular formula is C15H10BrN3OS. The second-order valence-corrected chi connectivity index (χ2v) is 6.63. The maximum absolute atomic E-state index is 12.0. The van der Waals surface area contributed by atoms with Gasteiger partial charge < -0.3 is 9.55 Å². The Morgan fingerprint density at radius 2 is 2.19 bits per heavy atom. The average Bonchev–Trinajstić information content (AvgIpc) is 3.06. The highest BCUT2D eigenvalue weighted by Gasteiger charge is 2.07. The van der Waals surface area contributed by atoms with Gasteiger partial charge in [0.15, 0.2) is 0 Å². The lowest BCUT2D eigenvalue weighted by Crippen LogP contribution is -2.12. The summed E-state index contributed by atoms with van der Waals surface area (Å²) in [6, 6.07) is 10.1. The maximum atomic E-state index is 12.0. The van der Waals surface area contributed by atoms with Crippen molar-refractivity contribution in [3.63, 3.8) is 0 Å². The molecule has 1 N–H and O–H groups in total. The summed E-state index contributed by atoms with van der Waals surface area (Å²) in [6.45, 7) is 0.548. The van der Waals surface area contributed by atoms with E-state index in [2.05, 4.69) is 48.7 Å². The Morgan fingerprint density at radius 1 is 1.29 bits per heavy atom. The molecule has 3 heterocycles. The summed E-state index contributed by atoms with van der Waals surface area (Å²) in [5.41, 5.74) is 1.81. The molecule has 0 aliphatic rings. The number of hydrogen-bond donors (Lipinski definition) is 1. The third-order valence-corrected chi connectivity index (χ3v) is 4.81. The van der Waals surface area contributed by atoms with Crippen molar-refractivity contribution in [1.29, 1.82) is 0 Å². The maximum Gasteiger partial charge on any atom is 0.268 e. The molecule has 0 fully saturated rings. The van der Waals surface area contributed by atoms with Crippen LogP contribution in [0.5, 0.6) is 0 Å². The number of aromatic amines is 1. The molecule has 21 heavy (non-hydrogen) atoms. The van der Waals surface area contributed by atoms with Gasteiger partial charge in [0.25, 0.3) is 5.56 Å². The van der Waals surface area contributed by atoms with E-state index in [4.69, 9.17) is 0 Å². The van der Waals surface area contributed by atoms with E-state index in [1.165, 1.54) is 11.3 Å². The fourth-order valence-electron chi connectivity index (χ4n) is 2.47. The number of thiophene rings is 1. The summed E-state index contributed by atoms with van der Waals surface area (Å²) in [7, 11) is 0. The van der Waals surface area contributed by atoms with Gasteiger partial charge >= 0.3 is 0 Å². The van der Waals surface area contributed by atoms with Crippen molar-refractivity contribution < 1.29 is 0 Å². The quantitative estimate of drug-likeness (QED) is 0.592. The molecule has 0 saturated carbocycles. The highest BCUT2D eigenvalue weighted by Crippen LogP contribution is 2.21. The van der Waals surface area contributed by atoms with Crippen LogP contribution in [0.15, 0.2) is 51.2 Å². The Bertz CT molecular complexity index is 1010. The first-order valence-electron chi connectivity index (χ1n) is 6.41. The molecule has 0 bridgehead atoms. The van der Waals surface area contributed by atoms with Gasteiger partial charge in [0.05, 0.1) is 12.1 Å². The average molecular weight is 360 g/mol. The first-order valence-corrected chi connectivity index (χ1v) is 8.09. The molecule has 4 aromatic rings. The lowest BCUT2D eigenvalue weighted by atomic mass is 10.2. The molecule has 4 nitrogen and oxygen atoms in total. The van der Waals surface area contributed by atoms with Gasteiger partial charge in [0, 0.05) is 21.6 Å². The molecule has 4 rings (SSSR count). The number of benzene rings is 1. The van der Waals surface area contributed by atoms with E-state index in [1.807, 2.05) is 23.7 Å². The Kier molecular flexibility index (Phi) is 2.94. The van der Waals surface area contributed by atoms with Crippen LogP contribution in [0, 0.1) is 0 Å². The van der Waals surface area contributed by atoms with Crippen LogP contribution in [-0.2, 0) is 6.54 Å². The van der Waals surface area contributed by atoms with E-state index in [-0.39, 0.29) is 5.56 Å². The monoisotopic (exact) mass is 359 g/mol. The van der Waals surface area contributed by atoms with Crippen LogP contribution in [0.1, 0.15) is 5.82 Å². The van der Waals surface area contributed by atoms with Gasteiger partial charge in [-0.25, -0.2) is 4.98 Å². The Morgan fingerprint density at radius 3 is 3.10 bits per heavy atom. The fourth-order valence-corrected chi connectivity index (χ4v) is 3.57. The van der Waals surface area contributed by atoms with Crippen LogP contribution in [0.4, 0.5) is 0 Å². The normalized spacial score (nSPS) is 11.5. The Labute approximate surface area is 132 Å². The smallest absolute Gasteiger partial charge is 0.268 e. The van der Waals surface area contributed by atoms with E-state index >= 15 is 0 Å². The van der Waals surface area contributed by atoms with Gasteiger partial charge in [-0.05, 0) is 35.7 Å². The van der Waals surface area contributed by atoms with Gasteiger partial charge in [-0.15, -0.1) is 11.3 Å². The van der Waals surface area contributed by atoms with Gasteiger partial charge in [-0.1, -0.05) is 15.9 Å². The predicted octanol–water partition coefficient (Wildman–Crippen LogP) is 3.75. The molecule has 0 saturated heterocycles. The SMILES string of the molecule is O=c1[nH]c(Cn2ccc3cc(Br)ccc32)nc2ccsc12. The highest BCUT2D eigenvalue weighted by atomic mass is 79.9. The predicted molar refractivity (Wildman–Crippen MR) is 89.0 cm³/mol. The lowest BCUT2D eigenvalue weighted by molar-refractivity contribution is 0.774. The molecule has 0 radical (unpaired) electrons. The molecule has 104 valence electrons.